The number of hydrogen-bond donors (Lipinski definition) is 22. The number of amides is 13. The third-order valence-corrected chi connectivity index (χ3v) is 13.7. The highest BCUT2D eigenvalue weighted by atomic mass is 16.4. The number of primary amides is 1. The maximum atomic E-state index is 14.0. The first-order chi connectivity index (χ1) is 44.0. The Hall–Kier alpha value is -9.17. The van der Waals surface area contributed by atoms with Crippen molar-refractivity contribution >= 4 is 88.7 Å². The summed E-state index contributed by atoms with van der Waals surface area (Å²) in [6.07, 6.45) is -4.19. The molecule has 1 rings (SSSR count). The molecule has 13 atom stereocenters. The van der Waals surface area contributed by atoms with Crippen LogP contribution in [0.15, 0.2) is 35.3 Å². The fraction of sp³-hybridized carbons (Fsp3) is 0.632. The van der Waals surface area contributed by atoms with Gasteiger partial charge in [0.25, 0.3) is 0 Å². The van der Waals surface area contributed by atoms with Crippen LogP contribution in [0, 0.1) is 11.8 Å². The van der Waals surface area contributed by atoms with Crippen LogP contribution in [0.3, 0.4) is 0 Å². The summed E-state index contributed by atoms with van der Waals surface area (Å²) in [5.74, 6) is -15.2. The Balaban J connectivity index is 3.21. The lowest BCUT2D eigenvalue weighted by Gasteiger charge is -2.29. The Kier molecular flexibility index (Phi) is 37.8. The molecule has 0 saturated carbocycles. The van der Waals surface area contributed by atoms with Crippen LogP contribution in [0.1, 0.15) is 93.1 Å². The summed E-state index contributed by atoms with van der Waals surface area (Å²) < 4.78 is 0. The van der Waals surface area contributed by atoms with Gasteiger partial charge in [-0.25, -0.2) is 0 Å². The minimum absolute atomic E-state index is 0.0359. The molecule has 1 aromatic rings. The summed E-state index contributed by atoms with van der Waals surface area (Å²) in [7, 11) is 0. The van der Waals surface area contributed by atoms with Crippen molar-refractivity contribution in [2.45, 2.75) is 173 Å². The molecule has 1 aromatic carbocycles. The summed E-state index contributed by atoms with van der Waals surface area (Å²) in [4.78, 5) is 186. The lowest BCUT2D eigenvalue weighted by atomic mass is 10.0. The number of rotatable bonds is 44. The van der Waals surface area contributed by atoms with Gasteiger partial charge in [0.05, 0.1) is 45.1 Å². The minimum Gasteiger partial charge on any atom is -0.481 e. The summed E-state index contributed by atoms with van der Waals surface area (Å²) in [6, 6.07) is -7.97. The first-order valence-corrected chi connectivity index (χ1v) is 30.1. The van der Waals surface area contributed by atoms with Crippen molar-refractivity contribution in [1.82, 2.24) is 69.1 Å². The maximum absolute atomic E-state index is 14.0. The van der Waals surface area contributed by atoms with Crippen LogP contribution in [0.4, 0.5) is 0 Å². The van der Waals surface area contributed by atoms with Gasteiger partial charge in [-0.2, -0.15) is 0 Å². The zero-order valence-corrected chi connectivity index (χ0v) is 53.8. The van der Waals surface area contributed by atoms with Gasteiger partial charge in [-0.3, -0.25) is 72.1 Å². The molecule has 0 unspecified atom stereocenters. The number of aliphatic imine (C=N–C) groups is 1. The van der Waals surface area contributed by atoms with E-state index in [9.17, 15) is 97.8 Å². The topological polar surface area (TPSA) is 607 Å². The molecular weight excluding hydrogens is 1240 g/mol. The van der Waals surface area contributed by atoms with Gasteiger partial charge in [-0.15, -0.1) is 0 Å². The smallest absolute Gasteiger partial charge is 0.303 e. The van der Waals surface area contributed by atoms with Gasteiger partial charge in [0.1, 0.15) is 60.4 Å². The monoisotopic (exact) mass is 1340 g/mol. The second kappa shape index (κ2) is 42.9. The van der Waals surface area contributed by atoms with E-state index in [4.69, 9.17) is 17.2 Å². The van der Waals surface area contributed by atoms with Crippen LogP contribution in [0.25, 0.3) is 0 Å². The number of nitrogens with zero attached hydrogens (tertiary/aromatic N) is 1. The second-order valence-corrected chi connectivity index (χ2v) is 22.8. The van der Waals surface area contributed by atoms with E-state index in [1.54, 1.807) is 58.0 Å². The number of aliphatic hydroxyl groups excluding tert-OH is 5. The number of benzene rings is 1. The van der Waals surface area contributed by atoms with E-state index in [2.05, 4.69) is 74.1 Å². The van der Waals surface area contributed by atoms with Crippen LogP contribution < -0.4 is 86.3 Å². The highest BCUT2D eigenvalue weighted by Crippen LogP contribution is 2.10. The Morgan fingerprint density at radius 2 is 0.968 bits per heavy atom. The third kappa shape index (κ3) is 31.9. The zero-order valence-electron chi connectivity index (χ0n) is 53.8. The van der Waals surface area contributed by atoms with Gasteiger partial charge in [-0.1, -0.05) is 58.0 Å². The Labute approximate surface area is 542 Å². The van der Waals surface area contributed by atoms with Crippen LogP contribution in [-0.4, -0.2) is 244 Å². The van der Waals surface area contributed by atoms with E-state index in [0.29, 0.717) is 5.56 Å². The van der Waals surface area contributed by atoms with Crippen molar-refractivity contribution in [3.8, 4) is 0 Å². The third-order valence-electron chi connectivity index (χ3n) is 13.7. The molecule has 0 radical (unpaired) electrons. The van der Waals surface area contributed by atoms with Gasteiger partial charge in [0.2, 0.25) is 76.8 Å². The fourth-order valence-electron chi connectivity index (χ4n) is 8.70. The molecule has 528 valence electrons. The summed E-state index contributed by atoms with van der Waals surface area (Å²) in [6.45, 7) is 6.62. The molecule has 0 aliphatic rings. The number of nitrogens with one attached hydrogen (secondary N) is 13. The molecule has 0 fully saturated rings. The van der Waals surface area contributed by atoms with Crippen molar-refractivity contribution in [1.29, 1.82) is 0 Å². The number of carboxylic acids is 1. The fourth-order valence-corrected chi connectivity index (χ4v) is 8.70. The number of carboxylic acid groups (broad SMARTS) is 1. The molecule has 0 aromatic heterocycles. The van der Waals surface area contributed by atoms with Gasteiger partial charge < -0.3 is 117 Å². The highest BCUT2D eigenvalue weighted by molar-refractivity contribution is 5.98. The molecule has 0 heterocycles. The van der Waals surface area contributed by atoms with Gasteiger partial charge in [-0.05, 0) is 70.3 Å². The largest absolute Gasteiger partial charge is 0.481 e. The molecule has 0 bridgehead atoms. The second-order valence-electron chi connectivity index (χ2n) is 22.8. The summed E-state index contributed by atoms with van der Waals surface area (Å²) in [5.41, 5.74) is 16.5. The number of guanidine groups is 1. The van der Waals surface area contributed by atoms with E-state index in [-0.39, 0.29) is 50.7 Å². The molecule has 37 nitrogen and oxygen atoms in total. The first-order valence-electron chi connectivity index (χ1n) is 30.1. The Morgan fingerprint density at radius 3 is 1.46 bits per heavy atom. The van der Waals surface area contributed by atoms with Crippen LogP contribution in [0.5, 0.6) is 0 Å². The normalized spacial score (nSPS) is 15.2. The van der Waals surface area contributed by atoms with Crippen molar-refractivity contribution in [3.63, 3.8) is 0 Å². The minimum atomic E-state index is -1.97. The molecule has 0 aliphatic heterocycles. The number of carbonyl (C=O) groups is 14. The van der Waals surface area contributed by atoms with Crippen molar-refractivity contribution in [2.75, 3.05) is 46.0 Å². The zero-order chi connectivity index (χ0) is 71.5. The number of hydrogen-bond acceptors (Lipinski definition) is 21. The van der Waals surface area contributed by atoms with E-state index in [1.165, 1.54) is 20.8 Å². The number of carbonyl (C=O) groups excluding carboxylic acids is 13. The first kappa shape index (κ1) is 82.8. The van der Waals surface area contributed by atoms with Gasteiger partial charge in [0, 0.05) is 32.5 Å². The van der Waals surface area contributed by atoms with Crippen LogP contribution >= 0.6 is 0 Å². The molecule has 25 N–H and O–H groups in total. The van der Waals surface area contributed by atoms with E-state index < -0.39 is 213 Å². The molecule has 13 amide bonds. The van der Waals surface area contributed by atoms with E-state index >= 15 is 0 Å². The molecule has 94 heavy (non-hydrogen) atoms. The quantitative estimate of drug-likeness (QED) is 0.0164. The molecular formula is C57H95N17O20. The Bertz CT molecular complexity index is 2750. The molecule has 37 heteroatoms. The van der Waals surface area contributed by atoms with Gasteiger partial charge >= 0.3 is 5.97 Å². The number of nitrogens with two attached hydrogens (primary N) is 3. The number of aliphatic carboxylic acids is 1. The van der Waals surface area contributed by atoms with Crippen LogP contribution in [0.2, 0.25) is 0 Å². The predicted octanol–water partition coefficient (Wildman–Crippen LogP) is -9.85. The van der Waals surface area contributed by atoms with Crippen molar-refractivity contribution < 1.29 is 97.8 Å². The average molecular weight is 1340 g/mol. The molecule has 0 saturated heterocycles. The maximum Gasteiger partial charge on any atom is 0.303 e. The van der Waals surface area contributed by atoms with Crippen molar-refractivity contribution in [3.05, 3.63) is 35.9 Å². The van der Waals surface area contributed by atoms with E-state index in [1.807, 2.05) is 0 Å². The summed E-state index contributed by atoms with van der Waals surface area (Å²) in [5, 5.41) is 92.2. The molecule has 0 spiro atoms. The predicted molar refractivity (Wildman–Crippen MR) is 333 cm³/mol. The Morgan fingerprint density at radius 1 is 0.500 bits per heavy atom. The highest BCUT2D eigenvalue weighted by Gasteiger charge is 2.36. The number of aliphatic hydroxyl groups is 5. The van der Waals surface area contributed by atoms with Crippen molar-refractivity contribution in [2.24, 2.45) is 34.0 Å². The van der Waals surface area contributed by atoms with E-state index in [0.717, 1.165) is 6.92 Å². The summed E-state index contributed by atoms with van der Waals surface area (Å²) >= 11 is 0. The SMILES string of the molecule is CC(=O)N[C@@H](CCCN=C(N)N)C(=O)N[C@@H](CO)C(=O)N[C@H](CN[C@H](C(=O)N[C@@H](CC(C)C)C(=O)N[C@@H](C)C(=O)N[C@@H](CO)C(=O)N[C@@H](CO)C(=O)N[C@@H](CCC(=O)O)C(=O)N[C@H](C(=O)NCC(=O)N[C@H](C(=O)NCC(N)=O)C(C)C)[C@@H](C)O)[C@@H](C)O)Cc1ccccc1. The lowest BCUT2D eigenvalue weighted by Crippen LogP contribution is -2.62. The van der Waals surface area contributed by atoms with Gasteiger partial charge in [0.15, 0.2) is 5.96 Å². The van der Waals surface area contributed by atoms with Crippen LogP contribution in [-0.2, 0) is 73.5 Å². The molecule has 0 aliphatic carbocycles. The standard InChI is InChI=1S/C57H95N17O20/c1-27(2)19-37(69-56(94)45(30(6)78)62-21-34(20-33-13-10-9-11-14-33)67-51(89)38(24-75)71-48(86)35(66-32(8)80)15-12-18-61-57(59)60)50(88)65-29(5)47(85)70-39(25-76)53(91)72-40(26-77)52(90)68-36(16-17-43(83)84)49(87)74-46(31(7)79)55(93)64-23-42(82)73-44(28(3)4)54(92)63-22-41(58)81/h9-11,13-14,27-31,34-40,44-46,62,75-79H,12,15-26H2,1-8H3,(H2,58,81)(H,63,92)(H,64,93)(H,65,88)(H,66,80)(H,67,89)(H,68,90)(H,69,94)(H,70,85)(H,71,86)(H,72,91)(H,73,82)(H,74,87)(H,83,84)(H4,59,60,61)/t29-,30+,31+,34-,35-,36-,37-,38-,39-,40-,44-,45-,46-/m0/s1. The lowest BCUT2D eigenvalue weighted by molar-refractivity contribution is -0.139. The average Bonchev–Trinajstić information content (AvgIpc) is 0.985.